The van der Waals surface area contributed by atoms with Crippen molar-refractivity contribution in [3.05, 3.63) is 65.0 Å². The lowest BCUT2D eigenvalue weighted by atomic mass is 10.1. The maximum absolute atomic E-state index is 13.7. The first-order valence-corrected chi connectivity index (χ1v) is 7.81. The molecular weight excluding hydrogens is 291 g/mol. The van der Waals surface area contributed by atoms with Crippen molar-refractivity contribution in [1.82, 2.24) is 0 Å². The van der Waals surface area contributed by atoms with Crippen LogP contribution < -0.4 is 4.72 Å². The van der Waals surface area contributed by atoms with Crippen molar-refractivity contribution >= 4 is 15.7 Å². The highest BCUT2D eigenvalue weighted by Gasteiger charge is 2.16. The Morgan fingerprint density at radius 3 is 2.62 bits per heavy atom. The number of nitrogens with one attached hydrogen (secondary N) is 1. The Labute approximate surface area is 122 Å². The first-order chi connectivity index (χ1) is 9.91. The fourth-order valence-electron chi connectivity index (χ4n) is 1.87. The molecule has 4 nitrogen and oxygen atoms in total. The summed E-state index contributed by atoms with van der Waals surface area (Å²) in [6.45, 7) is 1.71. The number of rotatable bonds is 4. The molecule has 0 radical (unpaired) electrons. The van der Waals surface area contributed by atoms with Crippen molar-refractivity contribution in [2.75, 3.05) is 4.72 Å². The van der Waals surface area contributed by atoms with Crippen LogP contribution in [0, 0.1) is 24.1 Å². The summed E-state index contributed by atoms with van der Waals surface area (Å²) in [6, 6.07) is 12.6. The van der Waals surface area contributed by atoms with Crippen LogP contribution in [0.4, 0.5) is 10.1 Å². The van der Waals surface area contributed by atoms with E-state index in [0.29, 0.717) is 11.1 Å². The molecule has 0 atom stereocenters. The largest absolute Gasteiger partial charge is 0.280 e. The van der Waals surface area contributed by atoms with Gasteiger partial charge in [0.15, 0.2) is 0 Å². The summed E-state index contributed by atoms with van der Waals surface area (Å²) in [6.07, 6.45) is 0. The van der Waals surface area contributed by atoms with Crippen molar-refractivity contribution in [3.8, 4) is 6.07 Å². The van der Waals surface area contributed by atoms with Gasteiger partial charge in [-0.15, -0.1) is 0 Å². The molecule has 0 aliphatic carbocycles. The summed E-state index contributed by atoms with van der Waals surface area (Å²) in [4.78, 5) is 0. The van der Waals surface area contributed by atoms with Gasteiger partial charge in [-0.25, -0.2) is 12.8 Å². The third kappa shape index (κ3) is 3.80. The molecule has 6 heteroatoms. The third-order valence-electron chi connectivity index (χ3n) is 2.87. The fourth-order valence-corrected chi connectivity index (χ4v) is 3.10. The number of sulfonamides is 1. The molecule has 0 amide bonds. The minimum absolute atomic E-state index is 0.102. The predicted octanol–water partition coefficient (Wildman–Crippen LogP) is 2.95. The molecule has 2 rings (SSSR count). The van der Waals surface area contributed by atoms with Crippen LogP contribution in [0.2, 0.25) is 0 Å². The smallest absolute Gasteiger partial charge is 0.237 e. The molecule has 0 aromatic heterocycles. The van der Waals surface area contributed by atoms with Crippen LogP contribution >= 0.6 is 0 Å². The molecule has 0 heterocycles. The van der Waals surface area contributed by atoms with Crippen LogP contribution in [-0.4, -0.2) is 8.42 Å². The maximum Gasteiger partial charge on any atom is 0.237 e. The zero-order valence-electron chi connectivity index (χ0n) is 11.3. The Morgan fingerprint density at radius 2 is 1.95 bits per heavy atom. The number of halogens is 1. The molecule has 1 N–H and O–H groups in total. The second kappa shape index (κ2) is 5.94. The van der Waals surface area contributed by atoms with Crippen LogP contribution in [0.5, 0.6) is 0 Å². The summed E-state index contributed by atoms with van der Waals surface area (Å²) in [5, 5.41) is 8.95. The molecule has 0 bridgehead atoms. The van der Waals surface area contributed by atoms with Gasteiger partial charge in [0.1, 0.15) is 5.82 Å². The molecule has 0 unspecified atom stereocenters. The topological polar surface area (TPSA) is 70.0 Å². The second-order valence-corrected chi connectivity index (χ2v) is 6.34. The Morgan fingerprint density at radius 1 is 1.24 bits per heavy atom. The summed E-state index contributed by atoms with van der Waals surface area (Å²) in [7, 11) is -3.80. The average molecular weight is 304 g/mol. The van der Waals surface area contributed by atoms with E-state index in [1.54, 1.807) is 31.2 Å². The first kappa shape index (κ1) is 15.0. The highest BCUT2D eigenvalue weighted by Crippen LogP contribution is 2.19. The predicted molar refractivity (Wildman–Crippen MR) is 78.5 cm³/mol. The molecule has 0 spiro atoms. The zero-order valence-corrected chi connectivity index (χ0v) is 12.1. The van der Waals surface area contributed by atoms with E-state index in [0.717, 1.165) is 0 Å². The van der Waals surface area contributed by atoms with Crippen molar-refractivity contribution in [2.24, 2.45) is 0 Å². The molecule has 0 fully saturated rings. The quantitative estimate of drug-likeness (QED) is 0.944. The van der Waals surface area contributed by atoms with Gasteiger partial charge in [-0.1, -0.05) is 24.3 Å². The molecule has 108 valence electrons. The number of hydrogen-bond acceptors (Lipinski definition) is 3. The lowest BCUT2D eigenvalue weighted by molar-refractivity contribution is 0.597. The van der Waals surface area contributed by atoms with E-state index in [2.05, 4.69) is 4.72 Å². The van der Waals surface area contributed by atoms with Crippen LogP contribution in [0.15, 0.2) is 42.5 Å². The van der Waals surface area contributed by atoms with Gasteiger partial charge in [-0.05, 0) is 36.2 Å². The molecule has 21 heavy (non-hydrogen) atoms. The Balaban J connectivity index is 2.25. The molecule has 0 aliphatic rings. The fraction of sp³-hybridized carbons (Fsp3) is 0.133. The monoisotopic (exact) mass is 304 g/mol. The van der Waals surface area contributed by atoms with Crippen molar-refractivity contribution in [3.63, 3.8) is 0 Å². The normalized spacial score (nSPS) is 10.9. The third-order valence-corrected chi connectivity index (χ3v) is 4.10. The average Bonchev–Trinajstić information content (AvgIpc) is 2.42. The standard InChI is InChI=1S/C15H13FN2O2S/c1-11-6-7-15(14(16)8-11)18-21(19,20)10-13-5-3-2-4-12(13)9-17/h2-8,18H,10H2,1H3. The second-order valence-electron chi connectivity index (χ2n) is 4.61. The zero-order chi connectivity index (χ0) is 15.5. The van der Waals surface area contributed by atoms with E-state index in [1.807, 2.05) is 6.07 Å². The summed E-state index contributed by atoms with van der Waals surface area (Å²) < 4.78 is 40.1. The van der Waals surface area contributed by atoms with Gasteiger partial charge >= 0.3 is 0 Å². The number of hydrogen-bond donors (Lipinski definition) is 1. The molecule has 2 aromatic carbocycles. The van der Waals surface area contributed by atoms with Gasteiger partial charge in [0.05, 0.1) is 23.1 Å². The number of benzene rings is 2. The number of nitrogens with zero attached hydrogens (tertiary/aromatic N) is 1. The van der Waals surface area contributed by atoms with Crippen LogP contribution in [0.3, 0.4) is 0 Å². The lowest BCUT2D eigenvalue weighted by Crippen LogP contribution is -2.16. The SMILES string of the molecule is Cc1ccc(NS(=O)(=O)Cc2ccccc2C#N)c(F)c1. The van der Waals surface area contributed by atoms with E-state index in [4.69, 9.17) is 5.26 Å². The Bertz CT molecular complexity index is 811. The van der Waals surface area contributed by atoms with E-state index in [9.17, 15) is 12.8 Å². The summed E-state index contributed by atoms with van der Waals surface area (Å²) in [5.41, 5.74) is 1.26. The maximum atomic E-state index is 13.7. The van der Waals surface area contributed by atoms with E-state index in [-0.39, 0.29) is 17.0 Å². The summed E-state index contributed by atoms with van der Waals surface area (Å²) in [5.74, 6) is -1.02. The van der Waals surface area contributed by atoms with Gasteiger partial charge in [0.25, 0.3) is 0 Å². The van der Waals surface area contributed by atoms with Gasteiger partial charge < -0.3 is 0 Å². The molecular formula is C15H13FN2O2S. The highest BCUT2D eigenvalue weighted by molar-refractivity contribution is 7.91. The number of nitriles is 1. The van der Waals surface area contributed by atoms with Gasteiger partial charge in [-0.3, -0.25) is 4.72 Å². The molecule has 2 aromatic rings. The van der Waals surface area contributed by atoms with Gasteiger partial charge in [-0.2, -0.15) is 5.26 Å². The summed E-state index contributed by atoms with van der Waals surface area (Å²) >= 11 is 0. The van der Waals surface area contributed by atoms with Gasteiger partial charge in [0, 0.05) is 0 Å². The van der Waals surface area contributed by atoms with E-state index >= 15 is 0 Å². The minimum Gasteiger partial charge on any atom is -0.280 e. The van der Waals surface area contributed by atoms with Gasteiger partial charge in [0.2, 0.25) is 10.0 Å². The van der Waals surface area contributed by atoms with Crippen molar-refractivity contribution < 1.29 is 12.8 Å². The van der Waals surface area contributed by atoms with Crippen LogP contribution in [-0.2, 0) is 15.8 Å². The Kier molecular flexibility index (Phi) is 4.24. The molecule has 0 saturated carbocycles. The number of aryl methyl sites for hydroxylation is 1. The first-order valence-electron chi connectivity index (χ1n) is 6.16. The molecule has 0 aliphatic heterocycles. The Hall–Kier alpha value is -2.39. The lowest BCUT2D eigenvalue weighted by Gasteiger charge is -2.10. The van der Waals surface area contributed by atoms with Crippen LogP contribution in [0.25, 0.3) is 0 Å². The van der Waals surface area contributed by atoms with Crippen LogP contribution in [0.1, 0.15) is 16.7 Å². The number of anilines is 1. The van der Waals surface area contributed by atoms with E-state index < -0.39 is 15.8 Å². The highest BCUT2D eigenvalue weighted by atomic mass is 32.2. The minimum atomic E-state index is -3.80. The molecule has 0 saturated heterocycles. The van der Waals surface area contributed by atoms with E-state index in [1.165, 1.54) is 18.2 Å². The van der Waals surface area contributed by atoms with Crippen molar-refractivity contribution in [2.45, 2.75) is 12.7 Å². The van der Waals surface area contributed by atoms with Crippen molar-refractivity contribution in [1.29, 1.82) is 5.26 Å².